The van der Waals surface area contributed by atoms with Gasteiger partial charge in [0.15, 0.2) is 0 Å². The van der Waals surface area contributed by atoms with Crippen molar-refractivity contribution in [1.82, 2.24) is 5.32 Å². The molecule has 3 heteroatoms. The number of carbonyl (C=O) groups is 1. The van der Waals surface area contributed by atoms with Gasteiger partial charge in [-0.15, -0.1) is 11.6 Å². The molecule has 0 saturated carbocycles. The monoisotopic (exact) mass is 163 g/mol. The second-order valence-electron chi connectivity index (χ2n) is 2.49. The van der Waals surface area contributed by atoms with Crippen LogP contribution in [0.4, 0.5) is 0 Å². The second-order valence-corrected chi connectivity index (χ2v) is 2.87. The molecule has 0 aliphatic heterocycles. The molecule has 0 aromatic carbocycles. The summed E-state index contributed by atoms with van der Waals surface area (Å²) in [5.74, 6) is 0.790. The van der Waals surface area contributed by atoms with Crippen molar-refractivity contribution in [1.29, 1.82) is 0 Å². The highest BCUT2D eigenvalue weighted by molar-refractivity contribution is 6.17. The number of amides is 1. The van der Waals surface area contributed by atoms with Crippen LogP contribution >= 0.6 is 11.6 Å². The van der Waals surface area contributed by atoms with Crippen LogP contribution in [0.25, 0.3) is 0 Å². The van der Waals surface area contributed by atoms with Gasteiger partial charge in [-0.2, -0.15) is 0 Å². The quantitative estimate of drug-likeness (QED) is 0.493. The summed E-state index contributed by atoms with van der Waals surface area (Å²) in [6.45, 7) is 4.44. The van der Waals surface area contributed by atoms with Gasteiger partial charge in [0.2, 0.25) is 5.91 Å². The predicted molar refractivity (Wildman–Crippen MR) is 43.2 cm³/mol. The summed E-state index contributed by atoms with van der Waals surface area (Å²) in [6.07, 6.45) is 0.847. The normalized spacial score (nSPS) is 10.0. The zero-order chi connectivity index (χ0) is 7.98. The first-order chi connectivity index (χ1) is 4.68. The highest BCUT2D eigenvalue weighted by Crippen LogP contribution is 1.90. The van der Waals surface area contributed by atoms with Crippen LogP contribution in [-0.2, 0) is 4.79 Å². The maximum absolute atomic E-state index is 10.9. The second kappa shape index (κ2) is 5.54. The van der Waals surface area contributed by atoms with Gasteiger partial charge in [-0.05, 0) is 6.42 Å². The van der Waals surface area contributed by atoms with Crippen LogP contribution in [0.5, 0.6) is 0 Å². The first-order valence-corrected chi connectivity index (χ1v) is 4.05. The molecular formula is C7H14ClNO. The Kier molecular flexibility index (Phi) is 5.40. The molecule has 0 spiro atoms. The number of carbonyl (C=O) groups excluding carboxylic acids is 1. The van der Waals surface area contributed by atoms with Crippen LogP contribution in [0.15, 0.2) is 0 Å². The molecule has 0 aromatic rings. The molecule has 0 atom stereocenters. The Morgan fingerprint density at radius 1 is 1.60 bits per heavy atom. The number of halogens is 1. The van der Waals surface area contributed by atoms with Gasteiger partial charge < -0.3 is 5.32 Å². The third kappa shape index (κ3) is 4.62. The fourth-order valence-electron chi connectivity index (χ4n) is 0.483. The molecule has 0 radical (unpaired) electrons. The van der Waals surface area contributed by atoms with Crippen LogP contribution in [0.1, 0.15) is 20.3 Å². The minimum Gasteiger partial charge on any atom is -0.356 e. The Morgan fingerprint density at radius 2 is 2.20 bits per heavy atom. The van der Waals surface area contributed by atoms with E-state index >= 15 is 0 Å². The molecular weight excluding hydrogens is 150 g/mol. The highest BCUT2D eigenvalue weighted by atomic mass is 35.5. The molecule has 0 unspecified atom stereocenters. The van der Waals surface area contributed by atoms with Gasteiger partial charge in [-0.25, -0.2) is 0 Å². The molecule has 0 aliphatic rings. The zero-order valence-corrected chi connectivity index (χ0v) is 7.24. The molecule has 60 valence electrons. The molecule has 0 saturated heterocycles. The van der Waals surface area contributed by atoms with E-state index in [2.05, 4.69) is 5.32 Å². The van der Waals surface area contributed by atoms with Crippen molar-refractivity contribution in [2.45, 2.75) is 20.3 Å². The Bertz CT molecular complexity index is 104. The number of hydrogen-bond donors (Lipinski definition) is 1. The minimum atomic E-state index is 0.0790. The maximum Gasteiger partial charge on any atom is 0.222 e. The standard InChI is InChI=1S/C7H14ClNO/c1-6(2)7(10)9-5-3-4-8/h6H,3-5H2,1-2H3,(H,9,10). The van der Waals surface area contributed by atoms with Crippen LogP contribution in [0.3, 0.4) is 0 Å². The highest BCUT2D eigenvalue weighted by Gasteiger charge is 2.03. The van der Waals surface area contributed by atoms with Crippen LogP contribution < -0.4 is 5.32 Å². The summed E-state index contributed by atoms with van der Waals surface area (Å²) < 4.78 is 0. The van der Waals surface area contributed by atoms with E-state index in [4.69, 9.17) is 11.6 Å². The molecule has 10 heavy (non-hydrogen) atoms. The van der Waals surface area contributed by atoms with Crippen LogP contribution in [0, 0.1) is 5.92 Å². The summed E-state index contributed by atoms with van der Waals surface area (Å²) >= 11 is 5.41. The number of nitrogens with one attached hydrogen (secondary N) is 1. The van der Waals surface area contributed by atoms with E-state index in [0.29, 0.717) is 12.4 Å². The Labute approximate surface area is 66.9 Å². The van der Waals surface area contributed by atoms with E-state index in [1.807, 2.05) is 13.8 Å². The molecule has 0 aromatic heterocycles. The molecule has 0 bridgehead atoms. The topological polar surface area (TPSA) is 29.1 Å². The number of alkyl halides is 1. The van der Waals surface area contributed by atoms with Crippen molar-refractivity contribution in [2.24, 2.45) is 5.92 Å². The average molecular weight is 164 g/mol. The van der Waals surface area contributed by atoms with Gasteiger partial charge in [0.05, 0.1) is 0 Å². The Hall–Kier alpha value is -0.240. The lowest BCUT2D eigenvalue weighted by Gasteiger charge is -2.05. The van der Waals surface area contributed by atoms with Crippen molar-refractivity contribution < 1.29 is 4.79 Å². The van der Waals surface area contributed by atoms with E-state index in [-0.39, 0.29) is 11.8 Å². The van der Waals surface area contributed by atoms with Gasteiger partial charge in [-0.3, -0.25) is 4.79 Å². The lowest BCUT2D eigenvalue weighted by atomic mass is 10.2. The Morgan fingerprint density at radius 3 is 2.60 bits per heavy atom. The van der Waals surface area contributed by atoms with Crippen molar-refractivity contribution in [3.05, 3.63) is 0 Å². The van der Waals surface area contributed by atoms with E-state index in [1.165, 1.54) is 0 Å². The van der Waals surface area contributed by atoms with Crippen LogP contribution in [-0.4, -0.2) is 18.3 Å². The average Bonchev–Trinajstić information content (AvgIpc) is 1.88. The van der Waals surface area contributed by atoms with E-state index in [9.17, 15) is 4.79 Å². The smallest absolute Gasteiger partial charge is 0.222 e. The van der Waals surface area contributed by atoms with Crippen molar-refractivity contribution in [2.75, 3.05) is 12.4 Å². The van der Waals surface area contributed by atoms with Gasteiger partial charge in [0, 0.05) is 18.3 Å². The third-order valence-corrected chi connectivity index (χ3v) is 1.40. The van der Waals surface area contributed by atoms with Gasteiger partial charge in [0.25, 0.3) is 0 Å². The molecule has 1 amide bonds. The lowest BCUT2D eigenvalue weighted by molar-refractivity contribution is -0.123. The van der Waals surface area contributed by atoms with Gasteiger partial charge in [0.1, 0.15) is 0 Å². The predicted octanol–water partition coefficient (Wildman–Crippen LogP) is 1.39. The number of hydrogen-bond acceptors (Lipinski definition) is 1. The third-order valence-electron chi connectivity index (χ3n) is 1.13. The van der Waals surface area contributed by atoms with Crippen LogP contribution in [0.2, 0.25) is 0 Å². The Balaban J connectivity index is 3.22. The van der Waals surface area contributed by atoms with Crippen molar-refractivity contribution >= 4 is 17.5 Å². The molecule has 0 rings (SSSR count). The van der Waals surface area contributed by atoms with E-state index in [0.717, 1.165) is 6.42 Å². The zero-order valence-electron chi connectivity index (χ0n) is 6.48. The summed E-state index contributed by atoms with van der Waals surface area (Å²) in [4.78, 5) is 10.9. The summed E-state index contributed by atoms with van der Waals surface area (Å²) in [7, 11) is 0. The van der Waals surface area contributed by atoms with E-state index < -0.39 is 0 Å². The summed E-state index contributed by atoms with van der Waals surface area (Å²) in [5, 5.41) is 2.76. The van der Waals surface area contributed by atoms with Crippen molar-refractivity contribution in [3.8, 4) is 0 Å². The first-order valence-electron chi connectivity index (χ1n) is 3.52. The molecule has 2 nitrogen and oxygen atoms in total. The first kappa shape index (κ1) is 9.76. The maximum atomic E-state index is 10.9. The molecule has 0 aliphatic carbocycles. The number of rotatable bonds is 4. The molecule has 0 heterocycles. The lowest BCUT2D eigenvalue weighted by Crippen LogP contribution is -2.28. The largest absolute Gasteiger partial charge is 0.356 e. The van der Waals surface area contributed by atoms with Gasteiger partial charge >= 0.3 is 0 Å². The fraction of sp³-hybridized carbons (Fsp3) is 0.857. The van der Waals surface area contributed by atoms with Gasteiger partial charge in [-0.1, -0.05) is 13.8 Å². The molecule has 0 fully saturated rings. The summed E-state index contributed by atoms with van der Waals surface area (Å²) in [6, 6.07) is 0. The SMILES string of the molecule is CC(C)C(=O)NCCCCl. The fourth-order valence-corrected chi connectivity index (χ4v) is 0.616. The summed E-state index contributed by atoms with van der Waals surface area (Å²) in [5.41, 5.74) is 0. The molecule has 1 N–H and O–H groups in total. The van der Waals surface area contributed by atoms with E-state index in [1.54, 1.807) is 0 Å². The minimum absolute atomic E-state index is 0.0790. The van der Waals surface area contributed by atoms with Crippen molar-refractivity contribution in [3.63, 3.8) is 0 Å².